The van der Waals surface area contributed by atoms with Crippen LogP contribution in [0.3, 0.4) is 0 Å². The van der Waals surface area contributed by atoms with Crippen LogP contribution in [0, 0.1) is 0 Å². The first-order valence-corrected chi connectivity index (χ1v) is 6.23. The van der Waals surface area contributed by atoms with Crippen molar-refractivity contribution in [1.82, 2.24) is 5.32 Å². The standard InChI is InChI=1S/C15H14N2O3/c1-20-12-8-4-6-10(13(12)18)14-16-11-7-3-2-5-9(11)15(19)17-14/h2-8,14,16,18H,1H3,(H,17,19). The number of fused-ring (bicyclic) bond motifs is 1. The van der Waals surface area contributed by atoms with Gasteiger partial charge in [0.1, 0.15) is 6.17 Å². The summed E-state index contributed by atoms with van der Waals surface area (Å²) in [4.78, 5) is 12.1. The van der Waals surface area contributed by atoms with Gasteiger partial charge in [-0.3, -0.25) is 4.79 Å². The Hall–Kier alpha value is -2.69. The lowest BCUT2D eigenvalue weighted by Crippen LogP contribution is -2.38. The van der Waals surface area contributed by atoms with Gasteiger partial charge in [0.05, 0.1) is 12.7 Å². The smallest absolute Gasteiger partial charge is 0.255 e. The quantitative estimate of drug-likeness (QED) is 0.782. The van der Waals surface area contributed by atoms with Crippen LogP contribution in [0.4, 0.5) is 5.69 Å². The summed E-state index contributed by atoms with van der Waals surface area (Å²) in [6.45, 7) is 0. The number of carbonyl (C=O) groups is 1. The summed E-state index contributed by atoms with van der Waals surface area (Å²) in [6.07, 6.45) is -0.493. The Labute approximate surface area is 116 Å². The van der Waals surface area contributed by atoms with Gasteiger partial charge >= 0.3 is 0 Å². The van der Waals surface area contributed by atoms with Crippen LogP contribution in [0.25, 0.3) is 0 Å². The summed E-state index contributed by atoms with van der Waals surface area (Å²) in [5.74, 6) is 0.219. The van der Waals surface area contributed by atoms with E-state index in [-0.39, 0.29) is 11.7 Å². The second kappa shape index (κ2) is 4.77. The molecular formula is C15H14N2O3. The average molecular weight is 270 g/mol. The number of hydrogen-bond acceptors (Lipinski definition) is 4. The molecular weight excluding hydrogens is 256 g/mol. The third-order valence-corrected chi connectivity index (χ3v) is 3.31. The predicted molar refractivity (Wildman–Crippen MR) is 74.9 cm³/mol. The Bertz CT molecular complexity index is 670. The SMILES string of the molecule is COc1cccc(C2NC(=O)c3ccccc3N2)c1O. The molecule has 2 aromatic rings. The van der Waals surface area contributed by atoms with E-state index in [1.54, 1.807) is 24.3 Å². The van der Waals surface area contributed by atoms with Crippen LogP contribution in [0.2, 0.25) is 0 Å². The van der Waals surface area contributed by atoms with Gasteiger partial charge in [-0.1, -0.05) is 24.3 Å². The maximum atomic E-state index is 12.1. The molecule has 0 fully saturated rings. The van der Waals surface area contributed by atoms with Crippen LogP contribution < -0.4 is 15.4 Å². The third kappa shape index (κ3) is 1.93. The number of aromatic hydroxyl groups is 1. The molecule has 0 saturated heterocycles. The molecule has 0 aliphatic carbocycles. The maximum Gasteiger partial charge on any atom is 0.255 e. The molecule has 5 nitrogen and oxygen atoms in total. The van der Waals surface area contributed by atoms with E-state index >= 15 is 0 Å². The lowest BCUT2D eigenvalue weighted by Gasteiger charge is -2.28. The van der Waals surface area contributed by atoms with E-state index in [0.717, 1.165) is 5.69 Å². The van der Waals surface area contributed by atoms with E-state index < -0.39 is 6.17 Å². The third-order valence-electron chi connectivity index (χ3n) is 3.31. The lowest BCUT2D eigenvalue weighted by atomic mass is 10.0. The number of ether oxygens (including phenoxy) is 1. The normalized spacial score (nSPS) is 16.9. The topological polar surface area (TPSA) is 70.6 Å². The first-order chi connectivity index (χ1) is 9.70. The van der Waals surface area contributed by atoms with Gasteiger partial charge in [-0.15, -0.1) is 0 Å². The van der Waals surface area contributed by atoms with Crippen LogP contribution >= 0.6 is 0 Å². The van der Waals surface area contributed by atoms with Gasteiger partial charge in [-0.25, -0.2) is 0 Å². The summed E-state index contributed by atoms with van der Waals surface area (Å²) >= 11 is 0. The number of para-hydroxylation sites is 2. The number of methoxy groups -OCH3 is 1. The number of phenolic OH excluding ortho intramolecular Hbond substituents is 1. The highest BCUT2D eigenvalue weighted by Crippen LogP contribution is 2.35. The molecule has 1 unspecified atom stereocenters. The molecule has 20 heavy (non-hydrogen) atoms. The Balaban J connectivity index is 2.00. The van der Waals surface area contributed by atoms with Crippen LogP contribution in [-0.4, -0.2) is 18.1 Å². The largest absolute Gasteiger partial charge is 0.504 e. The number of rotatable bonds is 2. The van der Waals surface area contributed by atoms with E-state index in [0.29, 0.717) is 16.9 Å². The molecule has 3 N–H and O–H groups in total. The molecule has 0 saturated carbocycles. The highest BCUT2D eigenvalue weighted by molar-refractivity contribution is 6.01. The van der Waals surface area contributed by atoms with Crippen molar-refractivity contribution in [1.29, 1.82) is 0 Å². The molecule has 1 aliphatic heterocycles. The summed E-state index contributed by atoms with van der Waals surface area (Å²) in [5.41, 5.74) is 1.89. The Morgan fingerprint density at radius 3 is 2.70 bits per heavy atom. The van der Waals surface area contributed by atoms with Gasteiger partial charge < -0.3 is 20.5 Å². The Morgan fingerprint density at radius 2 is 1.90 bits per heavy atom. The van der Waals surface area contributed by atoms with E-state index in [4.69, 9.17) is 4.74 Å². The van der Waals surface area contributed by atoms with Gasteiger partial charge in [-0.05, 0) is 18.2 Å². The number of carbonyl (C=O) groups excluding carboxylic acids is 1. The minimum Gasteiger partial charge on any atom is -0.504 e. The molecule has 1 aliphatic rings. The summed E-state index contributed by atoms with van der Waals surface area (Å²) in [5, 5.41) is 16.2. The second-order valence-corrected chi connectivity index (χ2v) is 4.49. The number of anilines is 1. The monoisotopic (exact) mass is 270 g/mol. The number of amides is 1. The van der Waals surface area contributed by atoms with Crippen molar-refractivity contribution in [3.05, 3.63) is 53.6 Å². The molecule has 102 valence electrons. The number of nitrogens with one attached hydrogen (secondary N) is 2. The van der Waals surface area contributed by atoms with Crippen molar-refractivity contribution in [2.24, 2.45) is 0 Å². The molecule has 0 aromatic heterocycles. The van der Waals surface area contributed by atoms with Crippen molar-refractivity contribution < 1.29 is 14.6 Å². The predicted octanol–water partition coefficient (Wildman–Crippen LogP) is 2.25. The molecule has 1 amide bonds. The molecule has 0 bridgehead atoms. The molecule has 5 heteroatoms. The van der Waals surface area contributed by atoms with Crippen LogP contribution in [0.15, 0.2) is 42.5 Å². The fourth-order valence-corrected chi connectivity index (χ4v) is 2.30. The first-order valence-electron chi connectivity index (χ1n) is 6.23. The fraction of sp³-hybridized carbons (Fsp3) is 0.133. The molecule has 0 radical (unpaired) electrons. The Morgan fingerprint density at radius 1 is 1.10 bits per heavy atom. The van der Waals surface area contributed by atoms with Crippen LogP contribution in [-0.2, 0) is 0 Å². The van der Waals surface area contributed by atoms with E-state index in [9.17, 15) is 9.90 Å². The highest BCUT2D eigenvalue weighted by Gasteiger charge is 2.26. The van der Waals surface area contributed by atoms with E-state index in [1.165, 1.54) is 7.11 Å². The van der Waals surface area contributed by atoms with Gasteiger partial charge in [0, 0.05) is 11.3 Å². The van der Waals surface area contributed by atoms with Crippen molar-refractivity contribution in [3.8, 4) is 11.5 Å². The minimum absolute atomic E-state index is 0.0205. The number of benzene rings is 2. The second-order valence-electron chi connectivity index (χ2n) is 4.49. The summed E-state index contributed by atoms with van der Waals surface area (Å²) in [7, 11) is 1.49. The minimum atomic E-state index is -0.493. The molecule has 3 rings (SSSR count). The van der Waals surface area contributed by atoms with Crippen molar-refractivity contribution in [2.45, 2.75) is 6.17 Å². The van der Waals surface area contributed by atoms with Crippen molar-refractivity contribution >= 4 is 11.6 Å². The summed E-state index contributed by atoms with van der Waals surface area (Å²) in [6, 6.07) is 12.4. The zero-order chi connectivity index (χ0) is 14.1. The lowest BCUT2D eigenvalue weighted by molar-refractivity contribution is 0.0935. The highest BCUT2D eigenvalue weighted by atomic mass is 16.5. The molecule has 2 aromatic carbocycles. The van der Waals surface area contributed by atoms with Gasteiger partial charge in [-0.2, -0.15) is 0 Å². The fourth-order valence-electron chi connectivity index (χ4n) is 2.30. The molecule has 1 heterocycles. The Kier molecular flexibility index (Phi) is 2.95. The zero-order valence-corrected chi connectivity index (χ0v) is 10.9. The van der Waals surface area contributed by atoms with Crippen molar-refractivity contribution in [2.75, 3.05) is 12.4 Å². The van der Waals surface area contributed by atoms with Crippen molar-refractivity contribution in [3.63, 3.8) is 0 Å². The average Bonchev–Trinajstić information content (AvgIpc) is 2.47. The van der Waals surface area contributed by atoms with Gasteiger partial charge in [0.2, 0.25) is 0 Å². The van der Waals surface area contributed by atoms with Gasteiger partial charge in [0.15, 0.2) is 11.5 Å². The van der Waals surface area contributed by atoms with Crippen LogP contribution in [0.1, 0.15) is 22.1 Å². The number of hydrogen-bond donors (Lipinski definition) is 3. The van der Waals surface area contributed by atoms with Gasteiger partial charge in [0.25, 0.3) is 5.91 Å². The molecule has 1 atom stereocenters. The first kappa shape index (κ1) is 12.3. The molecule has 0 spiro atoms. The maximum absolute atomic E-state index is 12.1. The summed E-state index contributed by atoms with van der Waals surface area (Å²) < 4.78 is 5.08. The van der Waals surface area contributed by atoms with E-state index in [2.05, 4.69) is 10.6 Å². The van der Waals surface area contributed by atoms with E-state index in [1.807, 2.05) is 18.2 Å². The number of phenols is 1. The zero-order valence-electron chi connectivity index (χ0n) is 10.9. The van der Waals surface area contributed by atoms with Crippen LogP contribution in [0.5, 0.6) is 11.5 Å².